The molecule has 1 aliphatic rings. The zero-order valence-electron chi connectivity index (χ0n) is 14.5. The van der Waals surface area contributed by atoms with E-state index < -0.39 is 0 Å². The lowest BCUT2D eigenvalue weighted by Crippen LogP contribution is -2.30. The number of halogens is 1. The molecule has 0 saturated carbocycles. The molecule has 136 valence electrons. The molecular formula is C17H24IN5O2. The van der Waals surface area contributed by atoms with Gasteiger partial charge in [0, 0.05) is 43.5 Å². The first kappa shape index (κ1) is 19.4. The van der Waals surface area contributed by atoms with Crippen LogP contribution in [0.5, 0.6) is 11.5 Å². The Kier molecular flexibility index (Phi) is 7.35. The van der Waals surface area contributed by atoms with Gasteiger partial charge in [-0.25, -0.2) is 4.99 Å². The van der Waals surface area contributed by atoms with Gasteiger partial charge in [-0.15, -0.1) is 24.0 Å². The van der Waals surface area contributed by atoms with Crippen LogP contribution < -0.4 is 20.1 Å². The number of hydrogen-bond acceptors (Lipinski definition) is 4. The van der Waals surface area contributed by atoms with Gasteiger partial charge in [-0.1, -0.05) is 0 Å². The van der Waals surface area contributed by atoms with E-state index in [1.807, 2.05) is 44.6 Å². The summed E-state index contributed by atoms with van der Waals surface area (Å²) < 4.78 is 13.2. The SMILES string of the molecule is CCNC(=NCc1cnn(C)c1)Nc1ccc2c(c1)OCCCO2.I. The van der Waals surface area contributed by atoms with Crippen molar-refractivity contribution in [3.63, 3.8) is 0 Å². The van der Waals surface area contributed by atoms with Crippen molar-refractivity contribution in [3.8, 4) is 11.5 Å². The molecule has 0 atom stereocenters. The minimum Gasteiger partial charge on any atom is -0.490 e. The van der Waals surface area contributed by atoms with E-state index in [4.69, 9.17) is 9.47 Å². The second kappa shape index (κ2) is 9.50. The van der Waals surface area contributed by atoms with Crippen molar-refractivity contribution in [2.45, 2.75) is 19.9 Å². The second-order valence-electron chi connectivity index (χ2n) is 5.55. The maximum Gasteiger partial charge on any atom is 0.196 e. The molecule has 1 aromatic carbocycles. The molecule has 8 heteroatoms. The zero-order valence-corrected chi connectivity index (χ0v) is 16.8. The Labute approximate surface area is 164 Å². The Morgan fingerprint density at radius 2 is 2.08 bits per heavy atom. The molecule has 0 amide bonds. The Morgan fingerprint density at radius 3 is 2.80 bits per heavy atom. The third-order valence-electron chi connectivity index (χ3n) is 3.53. The summed E-state index contributed by atoms with van der Waals surface area (Å²) in [4.78, 5) is 4.59. The fourth-order valence-electron chi connectivity index (χ4n) is 2.41. The summed E-state index contributed by atoms with van der Waals surface area (Å²) in [6, 6.07) is 5.83. The lowest BCUT2D eigenvalue weighted by molar-refractivity contribution is 0.297. The molecule has 0 spiro atoms. The number of nitrogens with zero attached hydrogens (tertiary/aromatic N) is 3. The molecule has 0 aliphatic carbocycles. The first-order valence-electron chi connectivity index (χ1n) is 8.17. The number of hydrogen-bond donors (Lipinski definition) is 2. The molecular weight excluding hydrogens is 433 g/mol. The van der Waals surface area contributed by atoms with Crippen LogP contribution in [0.3, 0.4) is 0 Å². The molecule has 3 rings (SSSR count). The normalized spacial score (nSPS) is 13.6. The summed E-state index contributed by atoms with van der Waals surface area (Å²) in [6.07, 6.45) is 4.67. The predicted molar refractivity (Wildman–Crippen MR) is 109 cm³/mol. The van der Waals surface area contributed by atoms with Gasteiger partial charge in [0.05, 0.1) is 26.0 Å². The maximum atomic E-state index is 5.73. The molecule has 0 fully saturated rings. The maximum absolute atomic E-state index is 5.73. The van der Waals surface area contributed by atoms with E-state index in [0.29, 0.717) is 19.8 Å². The van der Waals surface area contributed by atoms with Gasteiger partial charge in [0.2, 0.25) is 0 Å². The fraction of sp³-hybridized carbons (Fsp3) is 0.412. The highest BCUT2D eigenvalue weighted by Crippen LogP contribution is 2.32. The van der Waals surface area contributed by atoms with Gasteiger partial charge in [0.25, 0.3) is 0 Å². The number of benzene rings is 1. The number of aliphatic imine (C=N–C) groups is 1. The van der Waals surface area contributed by atoms with Gasteiger partial charge in [-0.3, -0.25) is 4.68 Å². The highest BCUT2D eigenvalue weighted by atomic mass is 127. The van der Waals surface area contributed by atoms with Crippen molar-refractivity contribution in [1.82, 2.24) is 15.1 Å². The van der Waals surface area contributed by atoms with Crippen LogP contribution in [0, 0.1) is 0 Å². The molecule has 1 aromatic heterocycles. The van der Waals surface area contributed by atoms with Crippen molar-refractivity contribution in [3.05, 3.63) is 36.2 Å². The van der Waals surface area contributed by atoms with E-state index in [1.54, 1.807) is 4.68 Å². The van der Waals surface area contributed by atoms with Crippen molar-refractivity contribution in [2.75, 3.05) is 25.1 Å². The summed E-state index contributed by atoms with van der Waals surface area (Å²) >= 11 is 0. The van der Waals surface area contributed by atoms with Crippen LogP contribution in [0.2, 0.25) is 0 Å². The third-order valence-corrected chi connectivity index (χ3v) is 3.53. The Hall–Kier alpha value is -1.97. The highest BCUT2D eigenvalue weighted by Gasteiger charge is 2.11. The molecule has 2 N–H and O–H groups in total. The summed E-state index contributed by atoms with van der Waals surface area (Å²) in [7, 11) is 1.90. The van der Waals surface area contributed by atoms with E-state index in [1.165, 1.54) is 0 Å². The minimum absolute atomic E-state index is 0. The second-order valence-corrected chi connectivity index (χ2v) is 5.55. The highest BCUT2D eigenvalue weighted by molar-refractivity contribution is 14.0. The minimum atomic E-state index is 0. The van der Waals surface area contributed by atoms with Crippen LogP contribution in [-0.2, 0) is 13.6 Å². The smallest absolute Gasteiger partial charge is 0.196 e. The number of aromatic nitrogens is 2. The van der Waals surface area contributed by atoms with E-state index >= 15 is 0 Å². The Morgan fingerprint density at radius 1 is 1.28 bits per heavy atom. The van der Waals surface area contributed by atoms with Crippen molar-refractivity contribution in [1.29, 1.82) is 0 Å². The standard InChI is InChI=1S/C17H23N5O2.HI/c1-3-18-17(19-10-13-11-20-22(2)12-13)21-14-5-6-15-16(9-14)24-8-4-7-23-15;/h5-6,9,11-12H,3-4,7-8,10H2,1-2H3,(H2,18,19,21);1H. The monoisotopic (exact) mass is 457 g/mol. The van der Waals surface area contributed by atoms with Crippen molar-refractivity contribution >= 4 is 35.6 Å². The van der Waals surface area contributed by atoms with Gasteiger partial charge in [-0.2, -0.15) is 5.10 Å². The van der Waals surface area contributed by atoms with Gasteiger partial charge in [0.1, 0.15) is 0 Å². The number of aryl methyl sites for hydroxylation is 1. The first-order chi connectivity index (χ1) is 11.7. The van der Waals surface area contributed by atoms with Crippen molar-refractivity contribution in [2.24, 2.45) is 12.0 Å². The molecule has 7 nitrogen and oxygen atoms in total. The van der Waals surface area contributed by atoms with E-state index in [9.17, 15) is 0 Å². The van der Waals surface area contributed by atoms with Gasteiger partial charge < -0.3 is 20.1 Å². The number of nitrogens with one attached hydrogen (secondary N) is 2. The Balaban J connectivity index is 0.00000225. The molecule has 25 heavy (non-hydrogen) atoms. The van der Waals surface area contributed by atoms with Gasteiger partial charge in [-0.05, 0) is 19.1 Å². The van der Waals surface area contributed by atoms with Crippen LogP contribution in [0.15, 0.2) is 35.6 Å². The van der Waals surface area contributed by atoms with Gasteiger partial charge >= 0.3 is 0 Å². The Bertz CT molecular complexity index is 717. The number of guanidine groups is 1. The summed E-state index contributed by atoms with van der Waals surface area (Å²) in [6.45, 7) is 4.74. The topological polar surface area (TPSA) is 72.7 Å². The van der Waals surface area contributed by atoms with Crippen LogP contribution in [-0.4, -0.2) is 35.5 Å². The average molecular weight is 457 g/mol. The van der Waals surface area contributed by atoms with Crippen molar-refractivity contribution < 1.29 is 9.47 Å². The molecule has 2 heterocycles. The van der Waals surface area contributed by atoms with E-state index in [0.717, 1.165) is 41.7 Å². The lowest BCUT2D eigenvalue weighted by Gasteiger charge is -2.13. The third kappa shape index (κ3) is 5.52. The zero-order chi connectivity index (χ0) is 16.8. The van der Waals surface area contributed by atoms with Crippen LogP contribution >= 0.6 is 24.0 Å². The first-order valence-corrected chi connectivity index (χ1v) is 8.17. The van der Waals surface area contributed by atoms with E-state index in [2.05, 4.69) is 20.7 Å². The largest absolute Gasteiger partial charge is 0.490 e. The summed E-state index contributed by atoms with van der Waals surface area (Å²) in [5.41, 5.74) is 1.97. The van der Waals surface area contributed by atoms with Gasteiger partial charge in [0.15, 0.2) is 17.5 Å². The van der Waals surface area contributed by atoms with Crippen LogP contribution in [0.25, 0.3) is 0 Å². The number of anilines is 1. The molecule has 0 saturated heterocycles. The number of fused-ring (bicyclic) bond motifs is 1. The molecule has 0 unspecified atom stereocenters. The molecule has 0 radical (unpaired) electrons. The quantitative estimate of drug-likeness (QED) is 0.420. The summed E-state index contributed by atoms with van der Waals surface area (Å²) in [5.74, 6) is 2.27. The fourth-order valence-corrected chi connectivity index (χ4v) is 2.41. The molecule has 0 bridgehead atoms. The van der Waals surface area contributed by atoms with Crippen LogP contribution in [0.4, 0.5) is 5.69 Å². The predicted octanol–water partition coefficient (Wildman–Crippen LogP) is 2.78. The number of rotatable bonds is 4. The molecule has 2 aromatic rings. The van der Waals surface area contributed by atoms with E-state index in [-0.39, 0.29) is 24.0 Å². The summed E-state index contributed by atoms with van der Waals surface area (Å²) in [5, 5.41) is 10.7. The average Bonchev–Trinajstić information content (AvgIpc) is 2.85. The number of ether oxygens (including phenoxy) is 2. The molecule has 1 aliphatic heterocycles. The lowest BCUT2D eigenvalue weighted by atomic mass is 10.2. The van der Waals surface area contributed by atoms with Crippen LogP contribution in [0.1, 0.15) is 18.9 Å².